The molecule has 1 unspecified atom stereocenters. The molecule has 0 spiro atoms. The molecule has 1 rings (SSSR count). The summed E-state index contributed by atoms with van der Waals surface area (Å²) >= 11 is 0. The van der Waals surface area contributed by atoms with Gasteiger partial charge in [-0.25, -0.2) is 0 Å². The fourth-order valence-corrected chi connectivity index (χ4v) is 1.50. The van der Waals surface area contributed by atoms with Crippen LogP contribution >= 0.6 is 0 Å². The van der Waals surface area contributed by atoms with Crippen LogP contribution in [0.5, 0.6) is 0 Å². The summed E-state index contributed by atoms with van der Waals surface area (Å²) in [4.78, 5) is 0. The molecule has 0 aromatic rings. The van der Waals surface area contributed by atoms with Gasteiger partial charge in [-0.3, -0.25) is 0 Å². The molecule has 1 N–H and O–H groups in total. The van der Waals surface area contributed by atoms with Crippen molar-refractivity contribution in [2.24, 2.45) is 0 Å². The van der Waals surface area contributed by atoms with Crippen LogP contribution in [0.15, 0.2) is 12.7 Å². The standard InChI is InChI=1S/C9H17N/c1-2-6-9-7-4-3-5-8-10-9/h2,9-10H,1,3-8H2/i9+1. The number of hydrogen-bond donors (Lipinski definition) is 1. The van der Waals surface area contributed by atoms with Crippen molar-refractivity contribution in [1.82, 2.24) is 5.32 Å². The molecule has 0 aromatic heterocycles. The van der Waals surface area contributed by atoms with Crippen LogP contribution < -0.4 is 5.32 Å². The van der Waals surface area contributed by atoms with Gasteiger partial charge >= 0.3 is 0 Å². The lowest BCUT2D eigenvalue weighted by Crippen LogP contribution is -2.27. The molecule has 1 aliphatic rings. The first-order chi connectivity index (χ1) is 4.93. The Kier molecular flexibility index (Phi) is 3.52. The van der Waals surface area contributed by atoms with Crippen LogP contribution in [-0.4, -0.2) is 12.6 Å². The molecule has 1 saturated heterocycles. The van der Waals surface area contributed by atoms with Crippen molar-refractivity contribution in [3.05, 3.63) is 12.7 Å². The van der Waals surface area contributed by atoms with E-state index in [4.69, 9.17) is 0 Å². The summed E-state index contributed by atoms with van der Waals surface area (Å²) in [6.07, 6.45) is 8.65. The first kappa shape index (κ1) is 7.80. The first-order valence-electron chi connectivity index (χ1n) is 4.28. The van der Waals surface area contributed by atoms with Crippen LogP contribution in [0, 0.1) is 0 Å². The van der Waals surface area contributed by atoms with Crippen LogP contribution in [0.3, 0.4) is 0 Å². The summed E-state index contributed by atoms with van der Waals surface area (Å²) in [7, 11) is 0. The van der Waals surface area contributed by atoms with Gasteiger partial charge in [0.15, 0.2) is 0 Å². The average molecular weight is 140 g/mol. The maximum absolute atomic E-state index is 3.75. The lowest BCUT2D eigenvalue weighted by Gasteiger charge is -2.11. The highest BCUT2D eigenvalue weighted by Gasteiger charge is 2.08. The molecule has 0 bridgehead atoms. The average Bonchev–Trinajstić information content (AvgIpc) is 2.17. The van der Waals surface area contributed by atoms with Crippen molar-refractivity contribution in [2.45, 2.75) is 38.1 Å². The smallest absolute Gasteiger partial charge is 0.0101 e. The van der Waals surface area contributed by atoms with Crippen molar-refractivity contribution in [3.63, 3.8) is 0 Å². The molecule has 0 aliphatic carbocycles. The van der Waals surface area contributed by atoms with Gasteiger partial charge in [-0.05, 0) is 25.8 Å². The Hall–Kier alpha value is -0.300. The maximum atomic E-state index is 3.75. The van der Waals surface area contributed by atoms with Gasteiger partial charge in [0.1, 0.15) is 0 Å². The first-order valence-corrected chi connectivity index (χ1v) is 4.28. The van der Waals surface area contributed by atoms with Gasteiger partial charge in [0.25, 0.3) is 0 Å². The van der Waals surface area contributed by atoms with E-state index in [1.807, 2.05) is 6.08 Å². The number of nitrogens with one attached hydrogen (secondary N) is 1. The molecule has 0 saturated carbocycles. The van der Waals surface area contributed by atoms with Crippen molar-refractivity contribution in [2.75, 3.05) is 6.54 Å². The second-order valence-electron chi connectivity index (χ2n) is 3.02. The minimum absolute atomic E-state index is 0.722. The summed E-state index contributed by atoms with van der Waals surface area (Å²) in [5, 5.41) is 3.51. The van der Waals surface area contributed by atoms with Gasteiger partial charge in [0, 0.05) is 6.04 Å². The lowest BCUT2D eigenvalue weighted by molar-refractivity contribution is 0.515. The second kappa shape index (κ2) is 4.51. The fourth-order valence-electron chi connectivity index (χ4n) is 1.50. The van der Waals surface area contributed by atoms with Crippen molar-refractivity contribution in [1.29, 1.82) is 0 Å². The zero-order chi connectivity index (χ0) is 7.23. The van der Waals surface area contributed by atoms with Crippen molar-refractivity contribution in [3.8, 4) is 0 Å². The van der Waals surface area contributed by atoms with Crippen molar-refractivity contribution >= 4 is 0 Å². The Labute approximate surface area is 63.5 Å². The van der Waals surface area contributed by atoms with Gasteiger partial charge in [-0.1, -0.05) is 18.9 Å². The van der Waals surface area contributed by atoms with E-state index in [1.165, 1.54) is 32.2 Å². The Morgan fingerprint density at radius 3 is 3.10 bits per heavy atom. The van der Waals surface area contributed by atoms with Crippen molar-refractivity contribution < 1.29 is 0 Å². The fraction of sp³-hybridized carbons (Fsp3) is 0.778. The summed E-state index contributed by atoms with van der Waals surface area (Å²) in [5.41, 5.74) is 0. The zero-order valence-corrected chi connectivity index (χ0v) is 6.60. The molecular weight excluding hydrogens is 123 g/mol. The summed E-state index contributed by atoms with van der Waals surface area (Å²) in [5.74, 6) is 0. The predicted octanol–water partition coefficient (Wildman–Crippen LogP) is 2.09. The quantitative estimate of drug-likeness (QED) is 0.457. The molecular formula is C9H17N. The molecule has 0 radical (unpaired) electrons. The van der Waals surface area contributed by atoms with E-state index < -0.39 is 0 Å². The monoisotopic (exact) mass is 140 g/mol. The minimum Gasteiger partial charge on any atom is -0.314 e. The topological polar surface area (TPSA) is 12.0 Å². The lowest BCUT2D eigenvalue weighted by atomic mass is 10.2. The molecule has 1 aliphatic heterocycles. The Morgan fingerprint density at radius 1 is 1.40 bits per heavy atom. The highest BCUT2D eigenvalue weighted by molar-refractivity contribution is 4.79. The molecule has 1 heterocycles. The van der Waals surface area contributed by atoms with E-state index in [-0.39, 0.29) is 0 Å². The van der Waals surface area contributed by atoms with Crippen LogP contribution in [0.2, 0.25) is 0 Å². The zero-order valence-electron chi connectivity index (χ0n) is 6.60. The van der Waals surface area contributed by atoms with Crippen LogP contribution in [-0.2, 0) is 0 Å². The SMILES string of the molecule is C=CC[13CH]1CCCCCN1. The third-order valence-electron chi connectivity index (χ3n) is 2.11. The van der Waals surface area contributed by atoms with Gasteiger partial charge in [-0.15, -0.1) is 6.58 Å². The second-order valence-corrected chi connectivity index (χ2v) is 3.02. The predicted molar refractivity (Wildman–Crippen MR) is 45.1 cm³/mol. The summed E-state index contributed by atoms with van der Waals surface area (Å²) in [6.45, 7) is 4.95. The van der Waals surface area contributed by atoms with Gasteiger partial charge in [0.05, 0.1) is 0 Å². The minimum atomic E-state index is 0.722. The van der Waals surface area contributed by atoms with Gasteiger partial charge < -0.3 is 5.32 Å². The van der Waals surface area contributed by atoms with Crippen LogP contribution in [0.1, 0.15) is 32.1 Å². The Bertz CT molecular complexity index is 90.9. The van der Waals surface area contributed by atoms with Gasteiger partial charge in [-0.2, -0.15) is 0 Å². The molecule has 0 aromatic carbocycles. The van der Waals surface area contributed by atoms with Gasteiger partial charge in [0.2, 0.25) is 0 Å². The molecule has 1 fully saturated rings. The van der Waals surface area contributed by atoms with E-state index in [9.17, 15) is 0 Å². The highest BCUT2D eigenvalue weighted by atomic mass is 15.1. The molecule has 0 amide bonds. The summed E-state index contributed by atoms with van der Waals surface area (Å²) < 4.78 is 0. The molecule has 1 nitrogen and oxygen atoms in total. The van der Waals surface area contributed by atoms with E-state index >= 15 is 0 Å². The van der Waals surface area contributed by atoms with E-state index in [2.05, 4.69) is 11.9 Å². The Morgan fingerprint density at radius 2 is 2.30 bits per heavy atom. The van der Waals surface area contributed by atoms with Crippen LogP contribution in [0.25, 0.3) is 0 Å². The summed E-state index contributed by atoms with van der Waals surface area (Å²) in [6, 6.07) is 0.722. The number of hydrogen-bond acceptors (Lipinski definition) is 1. The third-order valence-corrected chi connectivity index (χ3v) is 2.11. The molecule has 1 heteroatoms. The Balaban J connectivity index is 2.21. The maximum Gasteiger partial charge on any atom is 0.0101 e. The van der Waals surface area contributed by atoms with E-state index in [0.29, 0.717) is 0 Å². The van der Waals surface area contributed by atoms with Crippen LogP contribution in [0.4, 0.5) is 0 Å². The molecule has 10 heavy (non-hydrogen) atoms. The van der Waals surface area contributed by atoms with E-state index in [1.54, 1.807) is 0 Å². The van der Waals surface area contributed by atoms with E-state index in [0.717, 1.165) is 12.5 Å². The molecule has 58 valence electrons. The highest BCUT2D eigenvalue weighted by Crippen LogP contribution is 2.10. The largest absolute Gasteiger partial charge is 0.314 e. The normalized spacial score (nSPS) is 27.4. The third kappa shape index (κ3) is 2.53. The molecule has 1 atom stereocenters. The number of rotatable bonds is 2.